The van der Waals surface area contributed by atoms with Gasteiger partial charge in [0.1, 0.15) is 24.0 Å². The average Bonchev–Trinajstić information content (AvgIpc) is 2.74. The lowest BCUT2D eigenvalue weighted by atomic mass is 10.1. The molecule has 0 radical (unpaired) electrons. The number of hydrogen-bond donors (Lipinski definition) is 2. The Hall–Kier alpha value is -3.54. The molecular weight excluding hydrogens is 467 g/mol. The standard InChI is InChI=1S/C21H18F3NO7S/c1-12(26)25-16(18(27)28)11-33-20(30)32-17-9-14(21(22,23)24)7-8-15(17)19(29)31-10-13-5-3-2-4-6-13/h2-9,16H,10-11H2,1H3,(H,25,26)(H,27,28)/t16-/m0/s1. The summed E-state index contributed by atoms with van der Waals surface area (Å²) in [6.45, 7) is 0.911. The molecule has 0 spiro atoms. The van der Waals surface area contributed by atoms with Gasteiger partial charge in [0.2, 0.25) is 5.91 Å². The number of amides is 1. The van der Waals surface area contributed by atoms with Gasteiger partial charge in [-0.05, 0) is 35.5 Å². The molecule has 0 saturated carbocycles. The number of rotatable bonds is 8. The number of nitrogens with one attached hydrogen (secondary N) is 1. The van der Waals surface area contributed by atoms with Crippen molar-refractivity contribution in [3.8, 4) is 5.75 Å². The fourth-order valence-corrected chi connectivity index (χ4v) is 3.12. The number of halogens is 3. The van der Waals surface area contributed by atoms with Crippen molar-refractivity contribution in [2.45, 2.75) is 25.7 Å². The minimum Gasteiger partial charge on any atom is -0.480 e. The van der Waals surface area contributed by atoms with E-state index in [1.165, 1.54) is 0 Å². The second kappa shape index (κ2) is 11.4. The lowest BCUT2D eigenvalue weighted by Crippen LogP contribution is -2.41. The van der Waals surface area contributed by atoms with E-state index >= 15 is 0 Å². The fraction of sp³-hybridized carbons (Fsp3) is 0.238. The highest BCUT2D eigenvalue weighted by molar-refractivity contribution is 8.13. The topological polar surface area (TPSA) is 119 Å². The molecule has 0 heterocycles. The number of ether oxygens (including phenoxy) is 2. The zero-order chi connectivity index (χ0) is 24.6. The number of alkyl halides is 3. The third-order valence-corrected chi connectivity index (χ3v) is 4.80. The van der Waals surface area contributed by atoms with Crippen molar-refractivity contribution in [1.82, 2.24) is 5.32 Å². The molecule has 2 aromatic carbocycles. The van der Waals surface area contributed by atoms with Crippen LogP contribution in [0.3, 0.4) is 0 Å². The second-order valence-electron chi connectivity index (χ2n) is 6.52. The van der Waals surface area contributed by atoms with Crippen LogP contribution in [-0.2, 0) is 27.1 Å². The summed E-state index contributed by atoms with van der Waals surface area (Å²) in [5, 5.41) is 9.98. The predicted octanol–water partition coefficient (Wildman–Crippen LogP) is 3.88. The molecule has 2 rings (SSSR count). The van der Waals surface area contributed by atoms with Crippen LogP contribution in [0, 0.1) is 0 Å². The summed E-state index contributed by atoms with van der Waals surface area (Å²) in [4.78, 5) is 46.8. The van der Waals surface area contributed by atoms with E-state index in [-0.39, 0.29) is 6.61 Å². The van der Waals surface area contributed by atoms with Crippen LogP contribution in [0.4, 0.5) is 18.0 Å². The summed E-state index contributed by atoms with van der Waals surface area (Å²) in [6, 6.07) is 9.00. The molecule has 0 unspecified atom stereocenters. The molecule has 0 aromatic heterocycles. The average molecular weight is 485 g/mol. The van der Waals surface area contributed by atoms with Crippen LogP contribution < -0.4 is 10.1 Å². The van der Waals surface area contributed by atoms with Crippen LogP contribution in [0.15, 0.2) is 48.5 Å². The Labute approximate surface area is 190 Å². The van der Waals surface area contributed by atoms with Crippen molar-refractivity contribution in [3.63, 3.8) is 0 Å². The Kier molecular flexibility index (Phi) is 8.85. The Morgan fingerprint density at radius 3 is 2.33 bits per heavy atom. The molecule has 0 fully saturated rings. The van der Waals surface area contributed by atoms with Crippen molar-refractivity contribution in [1.29, 1.82) is 0 Å². The van der Waals surface area contributed by atoms with Gasteiger partial charge in [0, 0.05) is 12.7 Å². The third-order valence-electron chi connectivity index (χ3n) is 3.98. The molecule has 0 aliphatic heterocycles. The van der Waals surface area contributed by atoms with Crippen LogP contribution in [-0.4, -0.2) is 40.0 Å². The van der Waals surface area contributed by atoms with E-state index in [1.807, 2.05) is 0 Å². The molecule has 1 atom stereocenters. The van der Waals surface area contributed by atoms with Crippen LogP contribution in [0.5, 0.6) is 5.75 Å². The van der Waals surface area contributed by atoms with E-state index in [2.05, 4.69) is 5.32 Å². The van der Waals surface area contributed by atoms with Gasteiger partial charge in [-0.3, -0.25) is 4.79 Å². The molecule has 176 valence electrons. The van der Waals surface area contributed by atoms with Gasteiger partial charge < -0.3 is 19.9 Å². The van der Waals surface area contributed by atoms with Gasteiger partial charge in [0.05, 0.1) is 5.56 Å². The van der Waals surface area contributed by atoms with Crippen molar-refractivity contribution >= 4 is 34.9 Å². The first-order valence-corrected chi connectivity index (χ1v) is 10.2. The number of carboxylic acid groups (broad SMARTS) is 1. The maximum absolute atomic E-state index is 13.1. The van der Waals surface area contributed by atoms with Crippen molar-refractivity contribution in [3.05, 3.63) is 65.2 Å². The highest BCUT2D eigenvalue weighted by Gasteiger charge is 2.33. The van der Waals surface area contributed by atoms with Gasteiger partial charge in [0.25, 0.3) is 0 Å². The molecule has 0 aliphatic rings. The number of benzene rings is 2. The number of thioether (sulfide) groups is 1. The minimum atomic E-state index is -4.78. The van der Waals surface area contributed by atoms with E-state index in [4.69, 9.17) is 14.6 Å². The number of aliphatic carboxylic acids is 1. The first-order valence-electron chi connectivity index (χ1n) is 9.24. The monoisotopic (exact) mass is 485 g/mol. The molecule has 0 bridgehead atoms. The third kappa shape index (κ3) is 8.15. The van der Waals surface area contributed by atoms with Crippen LogP contribution >= 0.6 is 11.8 Å². The van der Waals surface area contributed by atoms with E-state index in [1.54, 1.807) is 30.3 Å². The smallest absolute Gasteiger partial charge is 0.416 e. The highest BCUT2D eigenvalue weighted by Crippen LogP contribution is 2.34. The molecule has 33 heavy (non-hydrogen) atoms. The summed E-state index contributed by atoms with van der Waals surface area (Å²) in [5.41, 5.74) is -0.967. The maximum atomic E-state index is 13.1. The number of carbonyl (C=O) groups is 4. The first-order chi connectivity index (χ1) is 15.5. The second-order valence-corrected chi connectivity index (χ2v) is 7.48. The molecule has 0 aliphatic carbocycles. The van der Waals surface area contributed by atoms with E-state index in [9.17, 15) is 32.3 Å². The van der Waals surface area contributed by atoms with E-state index < -0.39 is 58.0 Å². The van der Waals surface area contributed by atoms with E-state index in [0.717, 1.165) is 13.0 Å². The van der Waals surface area contributed by atoms with Crippen molar-refractivity contribution in [2.24, 2.45) is 0 Å². The van der Waals surface area contributed by atoms with Gasteiger partial charge in [0.15, 0.2) is 0 Å². The van der Waals surface area contributed by atoms with Crippen LogP contribution in [0.25, 0.3) is 0 Å². The quantitative estimate of drug-likeness (QED) is 0.541. The number of hydrogen-bond acceptors (Lipinski definition) is 7. The van der Waals surface area contributed by atoms with Gasteiger partial charge >= 0.3 is 23.4 Å². The Balaban J connectivity index is 2.18. The van der Waals surface area contributed by atoms with Crippen LogP contribution in [0.1, 0.15) is 28.4 Å². The molecule has 2 N–H and O–H groups in total. The molecule has 12 heteroatoms. The van der Waals surface area contributed by atoms with Gasteiger partial charge in [-0.1, -0.05) is 30.3 Å². The van der Waals surface area contributed by atoms with Crippen LogP contribution in [0.2, 0.25) is 0 Å². The van der Waals surface area contributed by atoms with Gasteiger partial charge in [-0.15, -0.1) is 0 Å². The highest BCUT2D eigenvalue weighted by atomic mass is 32.2. The zero-order valence-electron chi connectivity index (χ0n) is 17.0. The predicted molar refractivity (Wildman–Crippen MR) is 111 cm³/mol. The molecular formula is C21H18F3NO7S. The normalized spacial score (nSPS) is 11.9. The van der Waals surface area contributed by atoms with E-state index in [0.29, 0.717) is 29.5 Å². The van der Waals surface area contributed by atoms with Gasteiger partial charge in [-0.2, -0.15) is 13.2 Å². The van der Waals surface area contributed by atoms with Crippen molar-refractivity contribution < 1.29 is 46.9 Å². The Bertz CT molecular complexity index is 1030. The molecule has 0 saturated heterocycles. The largest absolute Gasteiger partial charge is 0.480 e. The zero-order valence-corrected chi connectivity index (χ0v) is 17.9. The van der Waals surface area contributed by atoms with Gasteiger partial charge in [-0.25, -0.2) is 14.4 Å². The Morgan fingerprint density at radius 1 is 1.09 bits per heavy atom. The lowest BCUT2D eigenvalue weighted by molar-refractivity contribution is -0.140. The number of carbonyl (C=O) groups excluding carboxylic acids is 3. The Morgan fingerprint density at radius 2 is 1.76 bits per heavy atom. The summed E-state index contributed by atoms with van der Waals surface area (Å²) >= 11 is 0.304. The first kappa shape index (κ1) is 25.7. The SMILES string of the molecule is CC(=O)N[C@@H](CSC(=O)Oc1cc(C(F)(F)F)ccc1C(=O)OCc1ccccc1)C(=O)O. The number of esters is 1. The molecule has 2 aromatic rings. The molecule has 8 nitrogen and oxygen atoms in total. The fourth-order valence-electron chi connectivity index (χ4n) is 2.44. The van der Waals surface area contributed by atoms with Crippen molar-refractivity contribution in [2.75, 3.05) is 5.75 Å². The maximum Gasteiger partial charge on any atom is 0.416 e. The lowest BCUT2D eigenvalue weighted by Gasteiger charge is -2.14. The summed E-state index contributed by atoms with van der Waals surface area (Å²) in [5.74, 6) is -4.26. The molecule has 1 amide bonds. The summed E-state index contributed by atoms with van der Waals surface area (Å²) in [6.07, 6.45) is -4.78. The number of carboxylic acids is 1. The summed E-state index contributed by atoms with van der Waals surface area (Å²) in [7, 11) is 0. The minimum absolute atomic E-state index is 0.167. The summed E-state index contributed by atoms with van der Waals surface area (Å²) < 4.78 is 49.3.